The van der Waals surface area contributed by atoms with Crippen LogP contribution in [0, 0.1) is 5.92 Å². The van der Waals surface area contributed by atoms with Crippen LogP contribution in [0.25, 0.3) is 0 Å². The minimum Gasteiger partial charge on any atom is -0.455 e. The van der Waals surface area contributed by atoms with Crippen molar-refractivity contribution in [2.24, 2.45) is 5.92 Å². The first-order valence-electron chi connectivity index (χ1n) is 13.3. The molecule has 0 rings (SSSR count). The van der Waals surface area contributed by atoms with Gasteiger partial charge in [0.2, 0.25) is 0 Å². The van der Waals surface area contributed by atoms with Crippen LogP contribution in [0.4, 0.5) is 26.3 Å². The van der Waals surface area contributed by atoms with Gasteiger partial charge in [0.25, 0.3) is 0 Å². The first kappa shape index (κ1) is 37.7. The molecule has 0 aliphatic carbocycles. The van der Waals surface area contributed by atoms with Crippen LogP contribution in [-0.2, 0) is 28.6 Å². The third-order valence-electron chi connectivity index (χ3n) is 5.21. The first-order valence-corrected chi connectivity index (χ1v) is 13.3. The number of halogens is 6. The lowest BCUT2D eigenvalue weighted by Gasteiger charge is -2.21. The molecule has 0 radical (unpaired) electrons. The smallest absolute Gasteiger partial charge is 0.455 e. The number of allylic oxidation sites excluding steroid dienone is 10. The van der Waals surface area contributed by atoms with Crippen LogP contribution in [0.3, 0.4) is 0 Å². The Morgan fingerprint density at radius 3 is 1.39 bits per heavy atom. The number of hydrogen-bond donors (Lipinski definition) is 0. The molecule has 0 aromatic carbocycles. The second-order valence-electron chi connectivity index (χ2n) is 8.64. The topological polar surface area (TPSA) is 78.9 Å². The summed E-state index contributed by atoms with van der Waals surface area (Å²) in [6, 6.07) is 0. The zero-order chi connectivity index (χ0) is 31.2. The van der Waals surface area contributed by atoms with Crippen LogP contribution in [0.15, 0.2) is 60.8 Å². The summed E-state index contributed by atoms with van der Waals surface area (Å²) in [5.41, 5.74) is 0. The minimum atomic E-state index is -5.37. The maximum Gasteiger partial charge on any atom is 0.490 e. The van der Waals surface area contributed by atoms with Crippen molar-refractivity contribution in [1.29, 1.82) is 0 Å². The highest BCUT2D eigenvalue weighted by molar-refractivity contribution is 5.76. The van der Waals surface area contributed by atoms with Gasteiger partial charge in [0.05, 0.1) is 5.92 Å². The van der Waals surface area contributed by atoms with E-state index in [2.05, 4.69) is 52.9 Å². The monoisotopic (exact) mass is 596 g/mol. The molecule has 0 aliphatic heterocycles. The van der Waals surface area contributed by atoms with E-state index < -0.39 is 55.5 Å². The van der Waals surface area contributed by atoms with Crippen molar-refractivity contribution in [2.75, 3.05) is 13.2 Å². The lowest BCUT2D eigenvalue weighted by molar-refractivity contribution is -0.210. The Labute approximate surface area is 236 Å². The zero-order valence-corrected chi connectivity index (χ0v) is 23.2. The summed E-state index contributed by atoms with van der Waals surface area (Å²) in [5, 5.41) is 0. The van der Waals surface area contributed by atoms with Gasteiger partial charge in [-0.25, -0.2) is 9.59 Å². The van der Waals surface area contributed by atoms with Crippen molar-refractivity contribution in [3.05, 3.63) is 60.8 Å². The fourth-order valence-electron chi connectivity index (χ4n) is 3.03. The summed E-state index contributed by atoms with van der Waals surface area (Å²) in [6.07, 6.45) is 13.0. The summed E-state index contributed by atoms with van der Waals surface area (Å²) < 4.78 is 87.0. The highest BCUT2D eigenvalue weighted by Gasteiger charge is 2.43. The number of alkyl halides is 6. The molecule has 0 aliphatic rings. The van der Waals surface area contributed by atoms with Gasteiger partial charge in [-0.05, 0) is 51.4 Å². The van der Waals surface area contributed by atoms with Crippen molar-refractivity contribution >= 4 is 17.9 Å². The van der Waals surface area contributed by atoms with Gasteiger partial charge < -0.3 is 14.2 Å². The number of esters is 3. The SMILES string of the molecule is CCC=CCC=CCC=CCC=CCC=CCCC(CC)C(=O)OC(COC(=O)C(F)(F)F)COC(=O)C(F)(F)F. The van der Waals surface area contributed by atoms with E-state index in [1.165, 1.54) is 0 Å². The third kappa shape index (κ3) is 20.3. The van der Waals surface area contributed by atoms with Gasteiger partial charge in [-0.1, -0.05) is 74.6 Å². The molecule has 6 nitrogen and oxygen atoms in total. The Bertz CT molecular complexity index is 886. The molecule has 0 spiro atoms. The van der Waals surface area contributed by atoms with E-state index in [1.807, 2.05) is 24.3 Å². The van der Waals surface area contributed by atoms with Gasteiger partial charge >= 0.3 is 30.3 Å². The number of rotatable bonds is 19. The molecule has 0 bridgehead atoms. The van der Waals surface area contributed by atoms with Crippen molar-refractivity contribution in [1.82, 2.24) is 0 Å². The number of ether oxygens (including phenoxy) is 3. The molecule has 232 valence electrons. The first-order chi connectivity index (χ1) is 19.3. The lowest BCUT2D eigenvalue weighted by Crippen LogP contribution is -2.37. The lowest BCUT2D eigenvalue weighted by atomic mass is 10.0. The van der Waals surface area contributed by atoms with Gasteiger partial charge in [-0.2, -0.15) is 26.3 Å². The second kappa shape index (κ2) is 21.4. The second-order valence-corrected chi connectivity index (χ2v) is 8.64. The molecule has 0 heterocycles. The summed E-state index contributed by atoms with van der Waals surface area (Å²) >= 11 is 0. The standard InChI is InChI=1S/C29H38F6O6/c1-3-5-6-7-8-9-10-11-12-13-14-15-16-17-18-19-20-23(4-2)25(36)41-24(21-39-26(37)28(30,31)32)22-40-27(38)29(33,34)35/h5-6,8-9,11-12,14-15,17-18,23-24H,3-4,7,10,13,16,19-22H2,1-2H3. The number of carbonyl (C=O) groups is 3. The summed E-state index contributed by atoms with van der Waals surface area (Å²) in [4.78, 5) is 34.3. The minimum absolute atomic E-state index is 0.265. The average molecular weight is 597 g/mol. The predicted molar refractivity (Wildman–Crippen MR) is 141 cm³/mol. The Balaban J connectivity index is 4.62. The van der Waals surface area contributed by atoms with Gasteiger partial charge in [-0.3, -0.25) is 4.79 Å². The van der Waals surface area contributed by atoms with E-state index in [-0.39, 0.29) is 12.8 Å². The van der Waals surface area contributed by atoms with E-state index in [4.69, 9.17) is 4.74 Å². The van der Waals surface area contributed by atoms with Gasteiger partial charge in [0, 0.05) is 0 Å². The summed E-state index contributed by atoms with van der Waals surface area (Å²) in [7, 11) is 0. The average Bonchev–Trinajstić information content (AvgIpc) is 2.90. The largest absolute Gasteiger partial charge is 0.490 e. The third-order valence-corrected chi connectivity index (χ3v) is 5.21. The van der Waals surface area contributed by atoms with E-state index in [1.54, 1.807) is 6.92 Å². The van der Waals surface area contributed by atoms with E-state index in [0.717, 1.165) is 25.7 Å². The fourth-order valence-corrected chi connectivity index (χ4v) is 3.03. The number of carbonyl (C=O) groups excluding carboxylic acids is 3. The molecule has 0 amide bonds. The molecule has 0 saturated heterocycles. The van der Waals surface area contributed by atoms with E-state index in [9.17, 15) is 40.7 Å². The normalized spacial score (nSPS) is 13.8. The quantitative estimate of drug-likeness (QED) is 0.0659. The molecule has 1 atom stereocenters. The van der Waals surface area contributed by atoms with Crippen molar-refractivity contribution in [2.45, 2.75) is 83.7 Å². The molecular weight excluding hydrogens is 558 g/mol. The molecule has 0 fully saturated rings. The predicted octanol–water partition coefficient (Wildman–Crippen LogP) is 7.67. The van der Waals surface area contributed by atoms with Gasteiger partial charge in [0.1, 0.15) is 13.2 Å². The van der Waals surface area contributed by atoms with E-state index >= 15 is 0 Å². The zero-order valence-electron chi connectivity index (χ0n) is 23.2. The van der Waals surface area contributed by atoms with Crippen LogP contribution in [0.1, 0.15) is 65.2 Å². The van der Waals surface area contributed by atoms with Gasteiger partial charge in [-0.15, -0.1) is 0 Å². The Morgan fingerprint density at radius 2 is 1.02 bits per heavy atom. The Hall–Kier alpha value is -3.31. The van der Waals surface area contributed by atoms with Crippen molar-refractivity contribution in [3.8, 4) is 0 Å². The molecule has 0 N–H and O–H groups in total. The van der Waals surface area contributed by atoms with Crippen LogP contribution in [0.2, 0.25) is 0 Å². The van der Waals surface area contributed by atoms with Crippen LogP contribution >= 0.6 is 0 Å². The molecule has 0 aromatic heterocycles. The molecular formula is C29H38F6O6. The summed E-state index contributed by atoms with van der Waals surface area (Å²) in [6.45, 7) is 1.24. The maximum absolute atomic E-state index is 12.5. The summed E-state index contributed by atoms with van der Waals surface area (Å²) in [5.74, 6) is -6.94. The molecule has 0 saturated carbocycles. The molecule has 41 heavy (non-hydrogen) atoms. The van der Waals surface area contributed by atoms with E-state index in [0.29, 0.717) is 12.8 Å². The highest BCUT2D eigenvalue weighted by Crippen LogP contribution is 2.20. The molecule has 12 heteroatoms. The number of hydrogen-bond acceptors (Lipinski definition) is 6. The van der Waals surface area contributed by atoms with Crippen molar-refractivity contribution in [3.63, 3.8) is 0 Å². The maximum atomic E-state index is 12.5. The molecule has 1 unspecified atom stereocenters. The highest BCUT2D eigenvalue weighted by atomic mass is 19.4. The van der Waals surface area contributed by atoms with Crippen molar-refractivity contribution < 1.29 is 54.9 Å². The fraction of sp³-hybridized carbons (Fsp3) is 0.552. The Morgan fingerprint density at radius 1 is 0.634 bits per heavy atom. The molecule has 0 aromatic rings. The van der Waals surface area contributed by atoms with Gasteiger partial charge in [0.15, 0.2) is 6.10 Å². The van der Waals surface area contributed by atoms with Crippen LogP contribution < -0.4 is 0 Å². The van der Waals surface area contributed by atoms with Crippen LogP contribution in [-0.4, -0.2) is 49.6 Å². The Kier molecular flexibility index (Phi) is 19.7. The van der Waals surface area contributed by atoms with Crippen LogP contribution in [0.5, 0.6) is 0 Å².